The molecule has 1 aliphatic heterocycles. The van der Waals surface area contributed by atoms with E-state index in [2.05, 4.69) is 23.5 Å². The van der Waals surface area contributed by atoms with Crippen LogP contribution in [0.15, 0.2) is 42.5 Å². The summed E-state index contributed by atoms with van der Waals surface area (Å²) >= 11 is 12.7. The topological polar surface area (TPSA) is 30.5 Å². The summed E-state index contributed by atoms with van der Waals surface area (Å²) in [6, 6.07) is 10.0. The third kappa shape index (κ3) is 2.76. The van der Waals surface area contributed by atoms with Gasteiger partial charge in [0.1, 0.15) is 0 Å². The fraction of sp³-hybridized carbons (Fsp3) is 0.300. The number of anilines is 1. The van der Waals surface area contributed by atoms with Gasteiger partial charge in [0.25, 0.3) is 0 Å². The number of methoxy groups -OCH3 is 2. The predicted molar refractivity (Wildman–Crippen MR) is 102 cm³/mol. The van der Waals surface area contributed by atoms with Crippen molar-refractivity contribution in [2.24, 2.45) is 5.92 Å². The number of hydrogen-bond donors (Lipinski definition) is 1. The lowest BCUT2D eigenvalue weighted by Crippen LogP contribution is -2.29. The molecule has 25 heavy (non-hydrogen) atoms. The Hall–Kier alpha value is -1.84. The van der Waals surface area contributed by atoms with E-state index in [4.69, 9.17) is 32.7 Å². The molecule has 1 N–H and O–H groups in total. The minimum atomic E-state index is 0.144. The number of nitrogens with one attached hydrogen (secondary N) is 1. The highest BCUT2D eigenvalue weighted by atomic mass is 35.5. The first-order valence-electron chi connectivity index (χ1n) is 8.26. The normalized spacial score (nSPS) is 23.6. The molecule has 3 unspecified atom stereocenters. The van der Waals surface area contributed by atoms with Crippen molar-refractivity contribution in [1.82, 2.24) is 0 Å². The average molecular weight is 376 g/mol. The van der Waals surface area contributed by atoms with Gasteiger partial charge in [-0.15, -0.1) is 0 Å². The Kier molecular flexibility index (Phi) is 4.30. The van der Waals surface area contributed by atoms with Crippen LogP contribution in [-0.2, 0) is 0 Å². The molecule has 5 heteroatoms. The zero-order valence-electron chi connectivity index (χ0n) is 14.1. The highest BCUT2D eigenvalue weighted by Crippen LogP contribution is 2.52. The van der Waals surface area contributed by atoms with Crippen LogP contribution < -0.4 is 14.8 Å². The molecule has 1 aliphatic carbocycles. The first-order chi connectivity index (χ1) is 12.1. The predicted octanol–water partition coefficient (Wildman–Crippen LogP) is 5.84. The number of allylic oxidation sites excluding steroid dienone is 2. The molecule has 2 aromatic carbocycles. The second kappa shape index (κ2) is 6.47. The molecule has 0 spiro atoms. The van der Waals surface area contributed by atoms with Crippen molar-refractivity contribution in [2.75, 3.05) is 19.5 Å². The summed E-state index contributed by atoms with van der Waals surface area (Å²) in [5, 5.41) is 4.98. The van der Waals surface area contributed by atoms with E-state index in [9.17, 15) is 0 Å². The van der Waals surface area contributed by atoms with E-state index in [-0.39, 0.29) is 6.04 Å². The van der Waals surface area contributed by atoms with Crippen molar-refractivity contribution in [3.8, 4) is 11.5 Å². The van der Waals surface area contributed by atoms with Gasteiger partial charge in [0.05, 0.1) is 31.0 Å². The van der Waals surface area contributed by atoms with Gasteiger partial charge in [-0.3, -0.25) is 0 Å². The van der Waals surface area contributed by atoms with Crippen LogP contribution in [0.3, 0.4) is 0 Å². The van der Waals surface area contributed by atoms with Gasteiger partial charge in [0.2, 0.25) is 0 Å². The summed E-state index contributed by atoms with van der Waals surface area (Å²) in [5.41, 5.74) is 3.31. The minimum absolute atomic E-state index is 0.144. The fourth-order valence-corrected chi connectivity index (χ4v) is 4.56. The highest BCUT2D eigenvalue weighted by molar-refractivity contribution is 6.36. The fourth-order valence-electron chi connectivity index (χ4n) is 4.00. The Bertz CT molecular complexity index is 850. The third-order valence-corrected chi connectivity index (χ3v) is 5.67. The summed E-state index contributed by atoms with van der Waals surface area (Å²) in [6.45, 7) is 0. The molecule has 0 radical (unpaired) electrons. The van der Waals surface area contributed by atoms with Crippen LogP contribution in [0.1, 0.15) is 29.5 Å². The van der Waals surface area contributed by atoms with E-state index in [0.29, 0.717) is 21.9 Å². The van der Waals surface area contributed by atoms with Crippen molar-refractivity contribution < 1.29 is 9.47 Å². The molecule has 0 amide bonds. The van der Waals surface area contributed by atoms with Gasteiger partial charge >= 0.3 is 0 Å². The molecular weight excluding hydrogens is 357 g/mol. The lowest BCUT2D eigenvalue weighted by Gasteiger charge is -2.38. The molecule has 0 fully saturated rings. The van der Waals surface area contributed by atoms with Gasteiger partial charge in [-0.1, -0.05) is 41.4 Å². The van der Waals surface area contributed by atoms with Crippen LogP contribution in [0.25, 0.3) is 0 Å². The third-order valence-electron chi connectivity index (χ3n) is 5.15. The average Bonchev–Trinajstić information content (AvgIpc) is 3.10. The van der Waals surface area contributed by atoms with Crippen LogP contribution >= 0.6 is 23.2 Å². The smallest absolute Gasteiger partial charge is 0.161 e. The first-order valence-corrected chi connectivity index (χ1v) is 9.02. The number of rotatable bonds is 3. The van der Waals surface area contributed by atoms with Crippen LogP contribution in [0.5, 0.6) is 11.5 Å². The molecule has 1 heterocycles. The Morgan fingerprint density at radius 2 is 1.84 bits per heavy atom. The van der Waals surface area contributed by atoms with Crippen LogP contribution in [0.4, 0.5) is 5.69 Å². The summed E-state index contributed by atoms with van der Waals surface area (Å²) in [5.74, 6) is 2.19. The quantitative estimate of drug-likeness (QED) is 0.683. The van der Waals surface area contributed by atoms with E-state index >= 15 is 0 Å². The molecule has 3 atom stereocenters. The molecule has 2 aliphatic rings. The number of ether oxygens (including phenoxy) is 2. The Balaban J connectivity index is 1.79. The molecule has 2 aromatic rings. The number of benzene rings is 2. The second-order valence-electron chi connectivity index (χ2n) is 6.44. The summed E-state index contributed by atoms with van der Waals surface area (Å²) in [6.07, 6.45) is 5.53. The van der Waals surface area contributed by atoms with Crippen molar-refractivity contribution >= 4 is 28.9 Å². The van der Waals surface area contributed by atoms with Crippen LogP contribution in [-0.4, -0.2) is 14.2 Å². The van der Waals surface area contributed by atoms with Crippen molar-refractivity contribution in [1.29, 1.82) is 0 Å². The number of fused-ring (bicyclic) bond motifs is 3. The number of hydrogen-bond acceptors (Lipinski definition) is 3. The molecule has 0 saturated heterocycles. The second-order valence-corrected chi connectivity index (χ2v) is 7.29. The zero-order valence-corrected chi connectivity index (χ0v) is 15.6. The van der Waals surface area contributed by atoms with Crippen molar-refractivity contribution in [2.45, 2.75) is 18.4 Å². The molecule has 0 bridgehead atoms. The van der Waals surface area contributed by atoms with Gasteiger partial charge in [-0.25, -0.2) is 0 Å². The lowest BCUT2D eigenvalue weighted by molar-refractivity contribution is 0.353. The molecule has 0 aromatic heterocycles. The molecule has 3 nitrogen and oxygen atoms in total. The Morgan fingerprint density at radius 3 is 2.60 bits per heavy atom. The van der Waals surface area contributed by atoms with E-state index < -0.39 is 0 Å². The van der Waals surface area contributed by atoms with E-state index in [0.717, 1.165) is 29.2 Å². The van der Waals surface area contributed by atoms with Gasteiger partial charge in [-0.2, -0.15) is 0 Å². The molecule has 130 valence electrons. The molecule has 0 saturated carbocycles. The maximum atomic E-state index is 6.48. The SMILES string of the molecule is COc1ccc(C2Nc3c(Cl)cc(Cl)cc3C3C=CCC32)cc1OC. The number of halogens is 2. The first kappa shape index (κ1) is 16.6. The largest absolute Gasteiger partial charge is 0.493 e. The summed E-state index contributed by atoms with van der Waals surface area (Å²) in [4.78, 5) is 0. The minimum Gasteiger partial charge on any atom is -0.493 e. The van der Waals surface area contributed by atoms with E-state index in [1.165, 1.54) is 5.56 Å². The Morgan fingerprint density at radius 1 is 1.04 bits per heavy atom. The summed E-state index contributed by atoms with van der Waals surface area (Å²) < 4.78 is 10.8. The van der Waals surface area contributed by atoms with Gasteiger partial charge < -0.3 is 14.8 Å². The monoisotopic (exact) mass is 375 g/mol. The summed E-state index contributed by atoms with van der Waals surface area (Å²) in [7, 11) is 3.30. The van der Waals surface area contributed by atoms with Gasteiger partial charge in [0, 0.05) is 10.9 Å². The van der Waals surface area contributed by atoms with Crippen LogP contribution in [0, 0.1) is 5.92 Å². The van der Waals surface area contributed by atoms with Gasteiger partial charge in [0.15, 0.2) is 11.5 Å². The maximum Gasteiger partial charge on any atom is 0.161 e. The van der Waals surface area contributed by atoms with E-state index in [1.807, 2.05) is 18.2 Å². The van der Waals surface area contributed by atoms with E-state index in [1.54, 1.807) is 20.3 Å². The van der Waals surface area contributed by atoms with Crippen LogP contribution in [0.2, 0.25) is 10.0 Å². The Labute approximate surface area is 157 Å². The van der Waals surface area contributed by atoms with Gasteiger partial charge in [-0.05, 0) is 47.7 Å². The maximum absolute atomic E-state index is 6.48. The highest BCUT2D eigenvalue weighted by Gasteiger charge is 2.39. The molecule has 4 rings (SSSR count). The molecular formula is C20H19Cl2NO2. The lowest BCUT2D eigenvalue weighted by atomic mass is 9.77. The van der Waals surface area contributed by atoms with Crippen molar-refractivity contribution in [3.05, 3.63) is 63.7 Å². The van der Waals surface area contributed by atoms with Crippen molar-refractivity contribution in [3.63, 3.8) is 0 Å². The standard InChI is InChI=1S/C20H19Cl2NO2/c1-24-17-7-6-11(8-18(17)25-2)19-14-5-3-4-13(14)15-9-12(21)10-16(22)20(15)23-19/h3-4,6-10,13-14,19,23H,5H2,1-2H3. The zero-order chi connectivity index (χ0) is 17.6.